The topological polar surface area (TPSA) is 66.0 Å². The number of benzene rings is 2. The monoisotopic (exact) mass is 304 g/mol. The number of fused-ring (bicyclic) bond motifs is 1. The van der Waals surface area contributed by atoms with E-state index in [0.717, 1.165) is 34.9 Å². The number of aromatic amines is 1. The first-order valence-corrected chi connectivity index (χ1v) is 7.66. The zero-order chi connectivity index (χ0) is 15.8. The van der Waals surface area contributed by atoms with E-state index < -0.39 is 5.97 Å². The Morgan fingerprint density at radius 2 is 1.91 bits per heavy atom. The second kappa shape index (κ2) is 5.39. The first-order chi connectivity index (χ1) is 11.2. The van der Waals surface area contributed by atoms with Gasteiger partial charge in [0.15, 0.2) is 0 Å². The maximum atomic E-state index is 10.5. The summed E-state index contributed by atoms with van der Waals surface area (Å²) in [6, 6.07) is 16.2. The number of H-pyrrole nitrogens is 1. The Kier molecular flexibility index (Phi) is 3.23. The van der Waals surface area contributed by atoms with E-state index in [-0.39, 0.29) is 0 Å². The molecule has 0 radical (unpaired) electrons. The highest BCUT2D eigenvalue weighted by atomic mass is 16.4. The summed E-state index contributed by atoms with van der Waals surface area (Å²) in [4.78, 5) is 18.6. The van der Waals surface area contributed by atoms with Gasteiger partial charge in [0.05, 0.1) is 11.0 Å². The van der Waals surface area contributed by atoms with Gasteiger partial charge in [0, 0.05) is 12.0 Å². The molecule has 0 spiro atoms. The van der Waals surface area contributed by atoms with Gasteiger partial charge in [-0.25, -0.2) is 9.78 Å². The molecule has 2 unspecified atom stereocenters. The van der Waals surface area contributed by atoms with E-state index in [1.165, 1.54) is 5.56 Å². The van der Waals surface area contributed by atoms with Crippen molar-refractivity contribution in [3.05, 3.63) is 71.6 Å². The van der Waals surface area contributed by atoms with Crippen LogP contribution >= 0.6 is 0 Å². The van der Waals surface area contributed by atoms with Crippen LogP contribution in [0.15, 0.2) is 54.6 Å². The molecule has 1 heterocycles. The van der Waals surface area contributed by atoms with Gasteiger partial charge >= 0.3 is 5.97 Å². The van der Waals surface area contributed by atoms with Crippen molar-refractivity contribution < 1.29 is 9.90 Å². The van der Waals surface area contributed by atoms with Crippen LogP contribution in [0.3, 0.4) is 0 Å². The number of aliphatic carboxylic acids is 1. The van der Waals surface area contributed by atoms with Gasteiger partial charge in [-0.05, 0) is 41.7 Å². The van der Waals surface area contributed by atoms with Gasteiger partial charge in [0.25, 0.3) is 0 Å². The Labute approximate surface area is 133 Å². The minimum atomic E-state index is -0.929. The first-order valence-electron chi connectivity index (χ1n) is 7.66. The molecule has 2 atom stereocenters. The van der Waals surface area contributed by atoms with Crippen LogP contribution in [0.1, 0.15) is 35.2 Å². The molecule has 1 fully saturated rings. The van der Waals surface area contributed by atoms with Crippen LogP contribution in [-0.4, -0.2) is 21.0 Å². The van der Waals surface area contributed by atoms with Crippen LogP contribution in [0.25, 0.3) is 17.1 Å². The van der Waals surface area contributed by atoms with Crippen molar-refractivity contribution in [2.24, 2.45) is 0 Å². The van der Waals surface area contributed by atoms with E-state index >= 15 is 0 Å². The number of para-hydroxylation sites is 2. The lowest BCUT2D eigenvalue weighted by Crippen LogP contribution is -1.88. The lowest BCUT2D eigenvalue weighted by molar-refractivity contribution is -0.131. The van der Waals surface area contributed by atoms with Crippen molar-refractivity contribution in [1.29, 1.82) is 0 Å². The molecule has 1 aliphatic rings. The fourth-order valence-electron chi connectivity index (χ4n) is 3.04. The fraction of sp³-hybridized carbons (Fsp3) is 0.158. The molecule has 0 aliphatic heterocycles. The molecule has 0 saturated heterocycles. The smallest absolute Gasteiger partial charge is 0.328 e. The number of hydrogen-bond acceptors (Lipinski definition) is 2. The summed E-state index contributed by atoms with van der Waals surface area (Å²) in [6.07, 6.45) is 3.86. The highest BCUT2D eigenvalue weighted by Crippen LogP contribution is 2.53. The minimum Gasteiger partial charge on any atom is -0.478 e. The molecule has 0 amide bonds. The zero-order valence-electron chi connectivity index (χ0n) is 12.4. The number of carboxylic acids is 1. The number of aromatic nitrogens is 2. The molecule has 114 valence electrons. The molecule has 1 saturated carbocycles. The SMILES string of the molecule is O=C(O)C=Cc1ccc(C2CC2c2nc3ccccc3[nH]2)cc1. The van der Waals surface area contributed by atoms with Gasteiger partial charge in [-0.1, -0.05) is 36.4 Å². The summed E-state index contributed by atoms with van der Waals surface area (Å²) < 4.78 is 0. The molecule has 0 bridgehead atoms. The second-order valence-corrected chi connectivity index (χ2v) is 5.93. The lowest BCUT2D eigenvalue weighted by atomic mass is 10.1. The lowest BCUT2D eigenvalue weighted by Gasteiger charge is -2.00. The van der Waals surface area contributed by atoms with E-state index in [2.05, 4.69) is 22.1 Å². The molecule has 23 heavy (non-hydrogen) atoms. The van der Waals surface area contributed by atoms with Crippen LogP contribution < -0.4 is 0 Å². The summed E-state index contributed by atoms with van der Waals surface area (Å²) in [5.74, 6) is 1.07. The normalized spacial score (nSPS) is 20.2. The zero-order valence-corrected chi connectivity index (χ0v) is 12.4. The Hall–Kier alpha value is -2.88. The third-order valence-electron chi connectivity index (χ3n) is 4.33. The standard InChI is InChI=1S/C19H16N2O2/c22-18(23)10-7-12-5-8-13(9-6-12)14-11-15(14)19-20-16-3-1-2-4-17(16)21-19/h1-10,14-15H,11H2,(H,20,21)(H,22,23). The number of hydrogen-bond donors (Lipinski definition) is 2. The molecule has 2 N–H and O–H groups in total. The second-order valence-electron chi connectivity index (χ2n) is 5.93. The van der Waals surface area contributed by atoms with E-state index in [1.807, 2.05) is 36.4 Å². The van der Waals surface area contributed by atoms with Crippen LogP contribution in [-0.2, 0) is 4.79 Å². The Morgan fingerprint density at radius 1 is 1.13 bits per heavy atom. The van der Waals surface area contributed by atoms with Crippen LogP contribution in [0.2, 0.25) is 0 Å². The number of carboxylic acid groups (broad SMARTS) is 1. The number of nitrogens with one attached hydrogen (secondary N) is 1. The third kappa shape index (κ3) is 2.75. The van der Waals surface area contributed by atoms with Crippen molar-refractivity contribution in [2.75, 3.05) is 0 Å². The van der Waals surface area contributed by atoms with E-state index in [4.69, 9.17) is 5.11 Å². The highest BCUT2D eigenvalue weighted by molar-refractivity contribution is 5.85. The maximum Gasteiger partial charge on any atom is 0.328 e. The minimum absolute atomic E-state index is 0.447. The highest BCUT2D eigenvalue weighted by Gasteiger charge is 2.41. The Morgan fingerprint density at radius 3 is 2.65 bits per heavy atom. The molecule has 3 aromatic rings. The molecular formula is C19H16N2O2. The van der Waals surface area contributed by atoms with Gasteiger partial charge < -0.3 is 10.1 Å². The molecule has 2 aromatic carbocycles. The number of carbonyl (C=O) groups is 1. The van der Waals surface area contributed by atoms with Crippen LogP contribution in [0.4, 0.5) is 0 Å². The predicted octanol–water partition coefficient (Wildman–Crippen LogP) is 3.93. The molecule has 1 aromatic heterocycles. The molecule has 4 rings (SSSR count). The van der Waals surface area contributed by atoms with E-state index in [0.29, 0.717) is 11.8 Å². The summed E-state index contributed by atoms with van der Waals surface area (Å²) in [5, 5.41) is 8.65. The largest absolute Gasteiger partial charge is 0.478 e. The van der Waals surface area contributed by atoms with Crippen molar-refractivity contribution in [3.63, 3.8) is 0 Å². The predicted molar refractivity (Wildman–Crippen MR) is 89.3 cm³/mol. The molecular weight excluding hydrogens is 288 g/mol. The fourth-order valence-corrected chi connectivity index (χ4v) is 3.04. The third-order valence-corrected chi connectivity index (χ3v) is 4.33. The molecule has 4 heteroatoms. The number of imidazole rings is 1. The quantitative estimate of drug-likeness (QED) is 0.718. The maximum absolute atomic E-state index is 10.5. The van der Waals surface area contributed by atoms with Gasteiger partial charge in [-0.3, -0.25) is 0 Å². The van der Waals surface area contributed by atoms with Crippen molar-refractivity contribution >= 4 is 23.1 Å². The number of rotatable bonds is 4. The Balaban J connectivity index is 1.51. The first kappa shape index (κ1) is 13.8. The van der Waals surface area contributed by atoms with Gasteiger partial charge in [-0.2, -0.15) is 0 Å². The van der Waals surface area contributed by atoms with E-state index in [1.54, 1.807) is 6.08 Å². The van der Waals surface area contributed by atoms with Crippen molar-refractivity contribution in [3.8, 4) is 0 Å². The van der Waals surface area contributed by atoms with Crippen molar-refractivity contribution in [2.45, 2.75) is 18.3 Å². The summed E-state index contributed by atoms with van der Waals surface area (Å²) in [5.41, 5.74) is 4.28. The van der Waals surface area contributed by atoms with Crippen LogP contribution in [0, 0.1) is 0 Å². The Bertz CT molecular complexity index is 860. The summed E-state index contributed by atoms with van der Waals surface area (Å²) in [7, 11) is 0. The average molecular weight is 304 g/mol. The number of nitrogens with zero attached hydrogens (tertiary/aromatic N) is 1. The van der Waals surface area contributed by atoms with Crippen molar-refractivity contribution in [1.82, 2.24) is 9.97 Å². The average Bonchev–Trinajstić information content (AvgIpc) is 3.24. The summed E-state index contributed by atoms with van der Waals surface area (Å²) in [6.45, 7) is 0. The van der Waals surface area contributed by atoms with Crippen LogP contribution in [0.5, 0.6) is 0 Å². The van der Waals surface area contributed by atoms with E-state index in [9.17, 15) is 4.79 Å². The van der Waals surface area contributed by atoms with Gasteiger partial charge in [0.1, 0.15) is 5.82 Å². The summed E-state index contributed by atoms with van der Waals surface area (Å²) >= 11 is 0. The molecule has 4 nitrogen and oxygen atoms in total. The van der Waals surface area contributed by atoms with Gasteiger partial charge in [-0.15, -0.1) is 0 Å². The van der Waals surface area contributed by atoms with Gasteiger partial charge in [0.2, 0.25) is 0 Å². The molecule has 1 aliphatic carbocycles.